The number of halogens is 3. The van der Waals surface area contributed by atoms with E-state index in [1.54, 1.807) is 6.07 Å². The fourth-order valence-corrected chi connectivity index (χ4v) is 4.14. The van der Waals surface area contributed by atoms with Crippen LogP contribution in [0.1, 0.15) is 26.3 Å². The molecule has 146 valence electrons. The summed E-state index contributed by atoms with van der Waals surface area (Å²) in [5.41, 5.74) is 1.17. The summed E-state index contributed by atoms with van der Waals surface area (Å²) in [7, 11) is 0. The molecule has 0 aromatic heterocycles. The first kappa shape index (κ1) is 21.3. The first-order chi connectivity index (χ1) is 13.1. The van der Waals surface area contributed by atoms with Crippen LogP contribution in [0.4, 0.5) is 0 Å². The van der Waals surface area contributed by atoms with Crippen molar-refractivity contribution in [2.75, 3.05) is 6.61 Å². The molecule has 0 bridgehead atoms. The van der Waals surface area contributed by atoms with Gasteiger partial charge in [-0.1, -0.05) is 54.9 Å². The lowest BCUT2D eigenvalue weighted by atomic mass is 9.87. The maximum absolute atomic E-state index is 12.2. The maximum Gasteiger partial charge on any atom is 0.349 e. The number of hydrogen-bond acceptors (Lipinski definition) is 3. The molecule has 0 radical (unpaired) electrons. The third kappa shape index (κ3) is 4.97. The number of benzene rings is 3. The van der Waals surface area contributed by atoms with Crippen LogP contribution >= 0.6 is 47.8 Å². The Morgan fingerprint density at radius 1 is 0.929 bits per heavy atom. The Labute approximate surface area is 189 Å². The topological polar surface area (TPSA) is 35.5 Å². The van der Waals surface area contributed by atoms with Crippen LogP contribution in [0.3, 0.4) is 0 Å². The zero-order valence-corrected chi connectivity index (χ0v) is 20.4. The lowest BCUT2D eigenvalue weighted by Gasteiger charge is -2.20. The van der Waals surface area contributed by atoms with Crippen molar-refractivity contribution in [3.8, 4) is 11.5 Å². The molecule has 0 spiro atoms. The molecule has 3 rings (SSSR count). The molecule has 0 saturated heterocycles. The minimum absolute atomic E-state index is 0.0200. The van der Waals surface area contributed by atoms with Crippen LogP contribution in [0, 0.1) is 0 Å². The second kappa shape index (κ2) is 8.56. The molecule has 0 saturated carbocycles. The largest absolute Gasteiger partial charge is 0.481 e. The van der Waals surface area contributed by atoms with Crippen molar-refractivity contribution >= 4 is 64.5 Å². The van der Waals surface area contributed by atoms with Gasteiger partial charge in [-0.2, -0.15) is 0 Å². The number of rotatable bonds is 4. The van der Waals surface area contributed by atoms with E-state index >= 15 is 0 Å². The van der Waals surface area contributed by atoms with Gasteiger partial charge in [-0.25, -0.2) is 4.79 Å². The van der Waals surface area contributed by atoms with Crippen molar-refractivity contribution in [1.29, 1.82) is 0 Å². The van der Waals surface area contributed by atoms with Gasteiger partial charge in [-0.3, -0.25) is 0 Å². The second-order valence-electron chi connectivity index (χ2n) is 7.40. The van der Waals surface area contributed by atoms with Crippen LogP contribution in [0.2, 0.25) is 0 Å². The monoisotopic (exact) mass is 568 g/mol. The van der Waals surface area contributed by atoms with E-state index in [2.05, 4.69) is 68.6 Å². The van der Waals surface area contributed by atoms with E-state index in [-0.39, 0.29) is 12.0 Å². The van der Waals surface area contributed by atoms with E-state index in [0.717, 1.165) is 29.8 Å². The molecule has 3 aromatic rings. The highest BCUT2D eigenvalue weighted by Gasteiger charge is 2.17. The van der Waals surface area contributed by atoms with Gasteiger partial charge in [-0.05, 0) is 83.9 Å². The molecule has 0 aliphatic heterocycles. The van der Waals surface area contributed by atoms with Crippen LogP contribution < -0.4 is 9.47 Å². The number of ether oxygens (including phenoxy) is 2. The highest BCUT2D eigenvalue weighted by molar-refractivity contribution is 9.11. The molecule has 0 fully saturated rings. The summed E-state index contributed by atoms with van der Waals surface area (Å²) >= 11 is 10.5. The number of fused-ring (bicyclic) bond motifs is 1. The van der Waals surface area contributed by atoms with Gasteiger partial charge < -0.3 is 9.47 Å². The minimum Gasteiger partial charge on any atom is -0.481 e. The third-order valence-electron chi connectivity index (χ3n) is 4.25. The Balaban J connectivity index is 1.69. The summed E-state index contributed by atoms with van der Waals surface area (Å²) < 4.78 is 13.7. The van der Waals surface area contributed by atoms with Gasteiger partial charge in [0, 0.05) is 4.47 Å². The van der Waals surface area contributed by atoms with Gasteiger partial charge in [-0.15, -0.1) is 0 Å². The molecule has 0 unspecified atom stereocenters. The SMILES string of the molecule is CC(C)(C)c1ccc(OC(=O)COc2ccc3cc(Br)ccc3c2Br)c(Br)c1. The van der Waals surface area contributed by atoms with Crippen molar-refractivity contribution in [3.63, 3.8) is 0 Å². The second-order valence-corrected chi connectivity index (χ2v) is 9.96. The van der Waals surface area contributed by atoms with Crippen molar-refractivity contribution in [2.24, 2.45) is 0 Å². The predicted molar refractivity (Wildman–Crippen MR) is 123 cm³/mol. The first-order valence-corrected chi connectivity index (χ1v) is 11.0. The maximum atomic E-state index is 12.2. The van der Waals surface area contributed by atoms with Crippen LogP contribution in [0.5, 0.6) is 11.5 Å². The summed E-state index contributed by atoms with van der Waals surface area (Å²) in [6.45, 7) is 6.21. The minimum atomic E-state index is -0.466. The van der Waals surface area contributed by atoms with E-state index < -0.39 is 5.97 Å². The first-order valence-electron chi connectivity index (χ1n) is 8.66. The molecule has 3 aromatic carbocycles. The molecule has 0 heterocycles. The third-order valence-corrected chi connectivity index (χ3v) is 6.18. The van der Waals surface area contributed by atoms with Gasteiger partial charge in [0.15, 0.2) is 6.61 Å². The Morgan fingerprint density at radius 2 is 1.64 bits per heavy atom. The number of esters is 1. The zero-order valence-electron chi connectivity index (χ0n) is 15.7. The normalized spacial score (nSPS) is 11.5. The lowest BCUT2D eigenvalue weighted by Crippen LogP contribution is -2.18. The van der Waals surface area contributed by atoms with Crippen molar-refractivity contribution in [2.45, 2.75) is 26.2 Å². The summed E-state index contributed by atoms with van der Waals surface area (Å²) in [5, 5.41) is 2.08. The Hall–Kier alpha value is -1.37. The Morgan fingerprint density at radius 3 is 2.32 bits per heavy atom. The summed E-state index contributed by atoms with van der Waals surface area (Å²) in [4.78, 5) is 12.2. The molecule has 0 amide bonds. The van der Waals surface area contributed by atoms with Crippen molar-refractivity contribution < 1.29 is 14.3 Å². The average Bonchev–Trinajstić information content (AvgIpc) is 2.62. The van der Waals surface area contributed by atoms with E-state index in [0.29, 0.717) is 11.5 Å². The van der Waals surface area contributed by atoms with Gasteiger partial charge in [0.2, 0.25) is 0 Å². The molecule has 28 heavy (non-hydrogen) atoms. The fraction of sp³-hybridized carbons (Fsp3) is 0.227. The van der Waals surface area contributed by atoms with Crippen LogP contribution in [-0.2, 0) is 10.2 Å². The van der Waals surface area contributed by atoms with Gasteiger partial charge >= 0.3 is 5.97 Å². The molecule has 3 nitrogen and oxygen atoms in total. The summed E-state index contributed by atoms with van der Waals surface area (Å²) in [5.74, 6) is 0.602. The van der Waals surface area contributed by atoms with Gasteiger partial charge in [0.25, 0.3) is 0 Å². The van der Waals surface area contributed by atoms with Gasteiger partial charge in [0.1, 0.15) is 11.5 Å². The van der Waals surface area contributed by atoms with Crippen LogP contribution in [0.25, 0.3) is 10.8 Å². The number of carbonyl (C=O) groups excluding carboxylic acids is 1. The van der Waals surface area contributed by atoms with E-state index in [4.69, 9.17) is 9.47 Å². The highest BCUT2D eigenvalue weighted by Crippen LogP contribution is 2.35. The molecule has 0 aliphatic carbocycles. The molecular weight excluding hydrogens is 552 g/mol. The zero-order chi connectivity index (χ0) is 20.5. The molecule has 0 aliphatic rings. The Bertz CT molecular complexity index is 1040. The predicted octanol–water partition coefficient (Wildman–Crippen LogP) is 7.41. The fourth-order valence-electron chi connectivity index (χ4n) is 2.69. The molecule has 0 atom stereocenters. The van der Waals surface area contributed by atoms with E-state index in [1.165, 1.54) is 0 Å². The van der Waals surface area contributed by atoms with E-state index in [1.807, 2.05) is 42.5 Å². The number of carbonyl (C=O) groups is 1. The average molecular weight is 571 g/mol. The smallest absolute Gasteiger partial charge is 0.349 e. The standard InChI is InChI=1S/C22H19Br3O3/c1-22(2,3)14-5-9-18(17(24)11-14)28-20(26)12-27-19-8-4-13-10-15(23)6-7-16(13)21(19)25/h4-11H,12H2,1-3H3. The Kier molecular flexibility index (Phi) is 6.52. The molecule has 0 N–H and O–H groups in total. The lowest BCUT2D eigenvalue weighted by molar-refractivity contribution is -0.136. The van der Waals surface area contributed by atoms with Crippen LogP contribution in [0.15, 0.2) is 61.9 Å². The summed E-state index contributed by atoms with van der Waals surface area (Å²) in [6.07, 6.45) is 0. The van der Waals surface area contributed by atoms with Gasteiger partial charge in [0.05, 0.1) is 8.95 Å². The van der Waals surface area contributed by atoms with Crippen LogP contribution in [-0.4, -0.2) is 12.6 Å². The van der Waals surface area contributed by atoms with E-state index in [9.17, 15) is 4.79 Å². The summed E-state index contributed by atoms with van der Waals surface area (Å²) in [6, 6.07) is 15.5. The van der Waals surface area contributed by atoms with Crippen molar-refractivity contribution in [1.82, 2.24) is 0 Å². The number of hydrogen-bond donors (Lipinski definition) is 0. The van der Waals surface area contributed by atoms with Crippen molar-refractivity contribution in [3.05, 3.63) is 67.5 Å². The highest BCUT2D eigenvalue weighted by atomic mass is 79.9. The molecular formula is C22H19Br3O3. The molecule has 6 heteroatoms. The quantitative estimate of drug-likeness (QED) is 0.242.